The van der Waals surface area contributed by atoms with E-state index in [0.717, 1.165) is 10.6 Å². The molecule has 0 spiro atoms. The van der Waals surface area contributed by atoms with Crippen LogP contribution in [0.15, 0.2) is 15.7 Å². The van der Waals surface area contributed by atoms with Gasteiger partial charge in [-0.25, -0.2) is 4.79 Å². The second-order valence-electron chi connectivity index (χ2n) is 5.29. The zero-order chi connectivity index (χ0) is 16.7. The third kappa shape index (κ3) is 2.48. The van der Waals surface area contributed by atoms with Gasteiger partial charge in [0.1, 0.15) is 12.2 Å². The number of ether oxygens (including phenoxy) is 1. The molecule has 1 fully saturated rings. The molecule has 0 radical (unpaired) electrons. The molecule has 0 amide bonds. The molecule has 120 valence electrons. The Morgan fingerprint density at radius 3 is 2.64 bits per heavy atom. The molecular formula is C14H18N2O6. The van der Waals surface area contributed by atoms with Crippen molar-refractivity contribution in [3.8, 4) is 11.8 Å². The van der Waals surface area contributed by atoms with Crippen molar-refractivity contribution in [2.24, 2.45) is 0 Å². The maximum atomic E-state index is 12.0. The normalized spacial score (nSPS) is 32.4. The quantitative estimate of drug-likeness (QED) is 0.480. The molecule has 5 atom stereocenters. The Morgan fingerprint density at radius 1 is 1.50 bits per heavy atom. The van der Waals surface area contributed by atoms with Crippen LogP contribution in [-0.2, 0) is 4.74 Å². The zero-order valence-corrected chi connectivity index (χ0v) is 12.4. The molecule has 0 aromatic carbocycles. The van der Waals surface area contributed by atoms with Crippen molar-refractivity contribution in [2.75, 3.05) is 0 Å². The third-order valence-electron chi connectivity index (χ3n) is 3.63. The van der Waals surface area contributed by atoms with E-state index >= 15 is 0 Å². The first-order chi connectivity index (χ1) is 10.2. The number of nitrogens with one attached hydrogen (secondary N) is 1. The van der Waals surface area contributed by atoms with Crippen LogP contribution in [0, 0.1) is 18.8 Å². The molecule has 8 nitrogen and oxygen atoms in total. The molecule has 1 saturated heterocycles. The number of aryl methyl sites for hydroxylation is 1. The van der Waals surface area contributed by atoms with Gasteiger partial charge in [0.2, 0.25) is 0 Å². The minimum Gasteiger partial charge on any atom is -0.391 e. The summed E-state index contributed by atoms with van der Waals surface area (Å²) in [5.41, 5.74) is -3.25. The van der Waals surface area contributed by atoms with E-state index in [1.807, 2.05) is 0 Å². The molecule has 8 heteroatoms. The van der Waals surface area contributed by atoms with Crippen molar-refractivity contribution in [2.45, 2.75) is 50.9 Å². The Bertz CT molecular complexity index is 740. The van der Waals surface area contributed by atoms with Crippen LogP contribution >= 0.6 is 0 Å². The summed E-state index contributed by atoms with van der Waals surface area (Å²) in [5.74, 6) is 4.92. The highest BCUT2D eigenvalue weighted by Crippen LogP contribution is 2.39. The summed E-state index contributed by atoms with van der Waals surface area (Å²) in [6.45, 7) is 4.33. The second-order valence-corrected chi connectivity index (χ2v) is 5.29. The number of rotatable bonds is 2. The molecule has 1 aromatic heterocycles. The van der Waals surface area contributed by atoms with Crippen LogP contribution in [0.1, 0.15) is 25.8 Å². The Labute approximate surface area is 126 Å². The molecule has 0 aliphatic carbocycles. The van der Waals surface area contributed by atoms with Crippen LogP contribution in [0.5, 0.6) is 0 Å². The average Bonchev–Trinajstić information content (AvgIpc) is 2.63. The van der Waals surface area contributed by atoms with Crippen molar-refractivity contribution in [1.29, 1.82) is 0 Å². The minimum absolute atomic E-state index is 0.230. The van der Waals surface area contributed by atoms with E-state index in [4.69, 9.17) is 4.74 Å². The largest absolute Gasteiger partial charge is 0.391 e. The molecule has 2 rings (SSSR count). The SMILES string of the molecule is CC#C[C@@]1(O)C(O)[C@@H]([C@H](C)O)O[C@H]1n1c(C)cc(=O)[nH]c1=O. The van der Waals surface area contributed by atoms with Gasteiger partial charge in [0.15, 0.2) is 11.8 Å². The molecular weight excluding hydrogens is 292 g/mol. The predicted octanol–water partition coefficient (Wildman–Crippen LogP) is -1.76. The fourth-order valence-corrected chi connectivity index (χ4v) is 2.61. The first-order valence-corrected chi connectivity index (χ1v) is 6.72. The van der Waals surface area contributed by atoms with E-state index in [1.54, 1.807) is 0 Å². The lowest BCUT2D eigenvalue weighted by molar-refractivity contribution is -0.0892. The molecule has 1 aliphatic rings. The van der Waals surface area contributed by atoms with Crippen LogP contribution in [0.2, 0.25) is 0 Å². The molecule has 1 unspecified atom stereocenters. The Balaban J connectivity index is 2.64. The van der Waals surface area contributed by atoms with E-state index in [1.165, 1.54) is 20.8 Å². The highest BCUT2D eigenvalue weighted by Gasteiger charge is 2.57. The number of aromatic nitrogens is 2. The summed E-state index contributed by atoms with van der Waals surface area (Å²) in [7, 11) is 0. The molecule has 1 aliphatic heterocycles. The molecule has 2 heterocycles. The summed E-state index contributed by atoms with van der Waals surface area (Å²) in [6, 6.07) is 1.16. The van der Waals surface area contributed by atoms with Crippen LogP contribution in [0.25, 0.3) is 0 Å². The van der Waals surface area contributed by atoms with Crippen molar-refractivity contribution in [3.05, 3.63) is 32.6 Å². The van der Waals surface area contributed by atoms with Gasteiger partial charge in [-0.3, -0.25) is 14.3 Å². The third-order valence-corrected chi connectivity index (χ3v) is 3.63. The standard InChI is InChI=1S/C14H18N2O6/c1-4-5-14(21)11(19)10(8(3)17)22-12(14)16-7(2)6-9(18)15-13(16)20/h6,8,10-12,17,19,21H,1-3H3,(H,15,18,20)/t8-,10+,11?,12+,14+/m0/s1. The van der Waals surface area contributed by atoms with Crippen molar-refractivity contribution in [3.63, 3.8) is 0 Å². The van der Waals surface area contributed by atoms with Crippen LogP contribution in [-0.4, -0.2) is 48.8 Å². The minimum atomic E-state index is -2.09. The van der Waals surface area contributed by atoms with Gasteiger partial charge in [-0.15, -0.1) is 5.92 Å². The monoisotopic (exact) mass is 310 g/mol. The zero-order valence-electron chi connectivity index (χ0n) is 12.4. The fourth-order valence-electron chi connectivity index (χ4n) is 2.61. The maximum absolute atomic E-state index is 12.0. The smallest absolute Gasteiger partial charge is 0.330 e. The maximum Gasteiger partial charge on any atom is 0.330 e. The fraction of sp³-hybridized carbons (Fsp3) is 0.571. The van der Waals surface area contributed by atoms with Gasteiger partial charge in [-0.05, 0) is 20.8 Å². The molecule has 1 aromatic rings. The predicted molar refractivity (Wildman–Crippen MR) is 76.1 cm³/mol. The number of aromatic amines is 1. The van der Waals surface area contributed by atoms with Crippen LogP contribution in [0.3, 0.4) is 0 Å². The van der Waals surface area contributed by atoms with Crippen molar-refractivity contribution in [1.82, 2.24) is 9.55 Å². The Hall–Kier alpha value is -1.92. The van der Waals surface area contributed by atoms with Gasteiger partial charge in [0.05, 0.1) is 6.10 Å². The van der Waals surface area contributed by atoms with Gasteiger partial charge < -0.3 is 20.1 Å². The molecule has 4 N–H and O–H groups in total. The number of hydrogen-bond donors (Lipinski definition) is 4. The average molecular weight is 310 g/mol. The number of H-pyrrole nitrogens is 1. The van der Waals surface area contributed by atoms with Gasteiger partial charge in [0.25, 0.3) is 5.56 Å². The van der Waals surface area contributed by atoms with E-state index < -0.39 is 41.4 Å². The van der Waals surface area contributed by atoms with E-state index in [9.17, 15) is 24.9 Å². The highest BCUT2D eigenvalue weighted by molar-refractivity contribution is 5.23. The number of hydrogen-bond acceptors (Lipinski definition) is 6. The van der Waals surface area contributed by atoms with Crippen LogP contribution in [0.4, 0.5) is 0 Å². The lowest BCUT2D eigenvalue weighted by atomic mass is 9.92. The summed E-state index contributed by atoms with van der Waals surface area (Å²) in [6.07, 6.45) is -5.11. The number of aliphatic hydroxyl groups excluding tert-OH is 2. The van der Waals surface area contributed by atoms with E-state index in [2.05, 4.69) is 16.8 Å². The van der Waals surface area contributed by atoms with Gasteiger partial charge in [-0.2, -0.15) is 0 Å². The topological polar surface area (TPSA) is 125 Å². The molecule has 0 bridgehead atoms. The Morgan fingerprint density at radius 2 is 2.14 bits per heavy atom. The lowest BCUT2D eigenvalue weighted by Crippen LogP contribution is -2.49. The Kier molecular flexibility index (Phi) is 4.26. The van der Waals surface area contributed by atoms with E-state index in [-0.39, 0.29) is 5.69 Å². The summed E-state index contributed by atoms with van der Waals surface area (Å²) >= 11 is 0. The first-order valence-electron chi connectivity index (χ1n) is 6.72. The summed E-state index contributed by atoms with van der Waals surface area (Å²) in [4.78, 5) is 25.4. The van der Waals surface area contributed by atoms with Gasteiger partial charge in [-0.1, -0.05) is 5.92 Å². The van der Waals surface area contributed by atoms with Crippen LogP contribution < -0.4 is 11.2 Å². The highest BCUT2D eigenvalue weighted by atomic mass is 16.6. The van der Waals surface area contributed by atoms with Gasteiger partial charge in [0, 0.05) is 11.8 Å². The number of nitrogens with zero attached hydrogens (tertiary/aromatic N) is 1. The van der Waals surface area contributed by atoms with Crippen molar-refractivity contribution < 1.29 is 20.1 Å². The number of aliphatic hydroxyl groups is 3. The van der Waals surface area contributed by atoms with E-state index in [0.29, 0.717) is 0 Å². The molecule has 22 heavy (non-hydrogen) atoms. The first kappa shape index (κ1) is 16.5. The molecule has 0 saturated carbocycles. The summed E-state index contributed by atoms with van der Waals surface area (Å²) in [5, 5.41) is 30.6. The second kappa shape index (κ2) is 5.70. The summed E-state index contributed by atoms with van der Waals surface area (Å²) < 4.78 is 6.48. The van der Waals surface area contributed by atoms with Crippen molar-refractivity contribution >= 4 is 0 Å². The van der Waals surface area contributed by atoms with Gasteiger partial charge >= 0.3 is 5.69 Å². The lowest BCUT2D eigenvalue weighted by Gasteiger charge is -2.27.